The van der Waals surface area contributed by atoms with Crippen LogP contribution in [-0.2, 0) is 16.0 Å². The van der Waals surface area contributed by atoms with E-state index in [1.54, 1.807) is 24.0 Å². The number of carbonyl (C=O) groups is 2. The lowest BCUT2D eigenvalue weighted by Gasteiger charge is -2.22. The van der Waals surface area contributed by atoms with E-state index in [1.165, 1.54) is 5.56 Å². The lowest BCUT2D eigenvalue weighted by Crippen LogP contribution is -2.37. The molecule has 192 valence electrons. The highest BCUT2D eigenvalue weighted by Gasteiger charge is 2.18. The summed E-state index contributed by atoms with van der Waals surface area (Å²) >= 11 is 0. The summed E-state index contributed by atoms with van der Waals surface area (Å²) < 4.78 is 16.7. The normalized spacial score (nSPS) is 11.8. The van der Waals surface area contributed by atoms with Gasteiger partial charge < -0.3 is 24.2 Å². The Balaban J connectivity index is 1.91. The Hall–Kier alpha value is -3.06. The highest BCUT2D eigenvalue weighted by atomic mass is 16.6. The fourth-order valence-corrected chi connectivity index (χ4v) is 3.56. The molecule has 0 fully saturated rings. The van der Waals surface area contributed by atoms with Gasteiger partial charge >= 0.3 is 12.1 Å². The van der Waals surface area contributed by atoms with Gasteiger partial charge in [-0.1, -0.05) is 57.9 Å². The van der Waals surface area contributed by atoms with Crippen LogP contribution in [-0.4, -0.2) is 54.5 Å². The quantitative estimate of drug-likeness (QED) is 0.316. The van der Waals surface area contributed by atoms with Crippen molar-refractivity contribution in [1.29, 1.82) is 0 Å². The molecule has 0 radical (unpaired) electrons. The molecule has 0 saturated carbocycles. The first-order valence-corrected chi connectivity index (χ1v) is 12.5. The summed E-state index contributed by atoms with van der Waals surface area (Å²) in [6.07, 6.45) is 2.04. The molecule has 0 spiro atoms. The molecule has 0 bridgehead atoms. The van der Waals surface area contributed by atoms with Gasteiger partial charge in [0.2, 0.25) is 0 Å². The Morgan fingerprint density at radius 3 is 2.14 bits per heavy atom. The van der Waals surface area contributed by atoms with Gasteiger partial charge in [-0.25, -0.2) is 9.59 Å². The first kappa shape index (κ1) is 28.2. The van der Waals surface area contributed by atoms with E-state index < -0.39 is 12.1 Å². The standard InChI is InChI=1S/C28H39NO6/c1-5-7-8-17-29(28(32)35-25-15-11-23(12-16-25)21(3)4)18-19-34-24-13-9-22(10-14-24)20-26(27(30)31)33-6-2/h9-16,21,26H,5-8,17-20H2,1-4H3,(H,30,31). The van der Waals surface area contributed by atoms with Gasteiger partial charge in [-0.2, -0.15) is 0 Å². The average molecular weight is 486 g/mol. The van der Waals surface area contributed by atoms with Gasteiger partial charge in [-0.05, 0) is 54.7 Å². The van der Waals surface area contributed by atoms with Crippen LogP contribution in [0.3, 0.4) is 0 Å². The molecule has 0 saturated heterocycles. The third kappa shape index (κ3) is 9.99. The van der Waals surface area contributed by atoms with Crippen molar-refractivity contribution in [3.63, 3.8) is 0 Å². The van der Waals surface area contributed by atoms with Crippen LogP contribution in [0.5, 0.6) is 11.5 Å². The predicted octanol–water partition coefficient (Wildman–Crippen LogP) is 5.91. The smallest absolute Gasteiger partial charge is 0.415 e. The zero-order valence-corrected chi connectivity index (χ0v) is 21.4. The molecule has 1 N–H and O–H groups in total. The summed E-state index contributed by atoms with van der Waals surface area (Å²) in [5, 5.41) is 9.25. The van der Waals surface area contributed by atoms with Crippen molar-refractivity contribution in [2.24, 2.45) is 0 Å². The number of aliphatic carboxylic acids is 1. The van der Waals surface area contributed by atoms with Gasteiger partial charge in [-0.15, -0.1) is 0 Å². The fourth-order valence-electron chi connectivity index (χ4n) is 3.56. The van der Waals surface area contributed by atoms with Gasteiger partial charge in [0.25, 0.3) is 0 Å². The first-order valence-electron chi connectivity index (χ1n) is 12.5. The van der Waals surface area contributed by atoms with E-state index in [1.807, 2.05) is 36.4 Å². The Bertz CT molecular complexity index is 895. The summed E-state index contributed by atoms with van der Waals surface area (Å²) in [6, 6.07) is 14.9. The van der Waals surface area contributed by atoms with Crippen LogP contribution in [0.4, 0.5) is 4.79 Å². The van der Waals surface area contributed by atoms with Crippen LogP contribution >= 0.6 is 0 Å². The molecule has 1 unspecified atom stereocenters. The minimum Gasteiger partial charge on any atom is -0.492 e. The largest absolute Gasteiger partial charge is 0.492 e. The van der Waals surface area contributed by atoms with Crippen molar-refractivity contribution in [3.8, 4) is 11.5 Å². The van der Waals surface area contributed by atoms with Crippen molar-refractivity contribution in [2.45, 2.75) is 65.4 Å². The molecule has 7 nitrogen and oxygen atoms in total. The summed E-state index contributed by atoms with van der Waals surface area (Å²) in [7, 11) is 0. The molecule has 2 aromatic carbocycles. The van der Waals surface area contributed by atoms with Gasteiger partial charge in [0.15, 0.2) is 6.10 Å². The number of hydrogen-bond acceptors (Lipinski definition) is 5. The lowest BCUT2D eigenvalue weighted by atomic mass is 10.0. The van der Waals surface area contributed by atoms with Crippen LogP contribution in [0.1, 0.15) is 64.0 Å². The molecule has 0 heterocycles. The molecule has 35 heavy (non-hydrogen) atoms. The number of ether oxygens (including phenoxy) is 3. The molecule has 2 aromatic rings. The van der Waals surface area contributed by atoms with E-state index in [0.29, 0.717) is 50.1 Å². The second-order valence-electron chi connectivity index (χ2n) is 8.76. The Morgan fingerprint density at radius 1 is 0.914 bits per heavy atom. The van der Waals surface area contributed by atoms with Crippen LogP contribution in [0.2, 0.25) is 0 Å². The molecule has 2 rings (SSSR count). The van der Waals surface area contributed by atoms with Crippen molar-refractivity contribution in [1.82, 2.24) is 4.90 Å². The number of nitrogens with zero attached hydrogens (tertiary/aromatic N) is 1. The van der Waals surface area contributed by atoms with Crippen LogP contribution < -0.4 is 9.47 Å². The number of carboxylic acid groups (broad SMARTS) is 1. The highest BCUT2D eigenvalue weighted by molar-refractivity contribution is 5.72. The lowest BCUT2D eigenvalue weighted by molar-refractivity contribution is -0.149. The van der Waals surface area contributed by atoms with Crippen molar-refractivity contribution < 1.29 is 28.9 Å². The van der Waals surface area contributed by atoms with E-state index in [4.69, 9.17) is 14.2 Å². The molecular formula is C28H39NO6. The monoisotopic (exact) mass is 485 g/mol. The molecular weight excluding hydrogens is 446 g/mol. The van der Waals surface area contributed by atoms with Gasteiger partial charge in [0, 0.05) is 19.6 Å². The average Bonchev–Trinajstić information content (AvgIpc) is 2.84. The zero-order valence-electron chi connectivity index (χ0n) is 21.4. The van der Waals surface area contributed by atoms with E-state index in [0.717, 1.165) is 24.8 Å². The highest BCUT2D eigenvalue weighted by Crippen LogP contribution is 2.19. The molecule has 1 amide bonds. The fraction of sp³-hybridized carbons (Fsp3) is 0.500. The predicted molar refractivity (Wildman–Crippen MR) is 136 cm³/mol. The van der Waals surface area contributed by atoms with Crippen molar-refractivity contribution in [3.05, 3.63) is 59.7 Å². The van der Waals surface area contributed by atoms with Crippen LogP contribution in [0.25, 0.3) is 0 Å². The zero-order chi connectivity index (χ0) is 25.6. The number of carbonyl (C=O) groups excluding carboxylic acids is 1. The van der Waals surface area contributed by atoms with Crippen LogP contribution in [0, 0.1) is 0 Å². The number of rotatable bonds is 15. The van der Waals surface area contributed by atoms with E-state index in [9.17, 15) is 14.7 Å². The number of carboxylic acids is 1. The third-order valence-corrected chi connectivity index (χ3v) is 5.66. The van der Waals surface area contributed by atoms with Crippen molar-refractivity contribution in [2.75, 3.05) is 26.3 Å². The second kappa shape index (κ2) is 15.0. The second-order valence-corrected chi connectivity index (χ2v) is 8.76. The summed E-state index contributed by atoms with van der Waals surface area (Å²) in [4.78, 5) is 25.8. The Kier molecular flexibility index (Phi) is 12.1. The maximum Gasteiger partial charge on any atom is 0.415 e. The molecule has 0 aliphatic rings. The minimum absolute atomic E-state index is 0.290. The summed E-state index contributed by atoms with van der Waals surface area (Å²) in [6.45, 7) is 9.82. The molecule has 1 atom stereocenters. The maximum atomic E-state index is 12.8. The topological polar surface area (TPSA) is 85.3 Å². The van der Waals surface area contributed by atoms with E-state index in [2.05, 4.69) is 20.8 Å². The third-order valence-electron chi connectivity index (χ3n) is 5.66. The Labute approximate surface area is 209 Å². The SMILES string of the molecule is CCCCCN(CCOc1ccc(CC(OCC)C(=O)O)cc1)C(=O)Oc1ccc(C(C)C)cc1. The van der Waals surface area contributed by atoms with Gasteiger partial charge in [0.05, 0.1) is 6.54 Å². The van der Waals surface area contributed by atoms with Crippen LogP contribution in [0.15, 0.2) is 48.5 Å². The number of benzene rings is 2. The summed E-state index contributed by atoms with van der Waals surface area (Å²) in [5.41, 5.74) is 2.05. The van der Waals surface area contributed by atoms with Gasteiger partial charge in [0.1, 0.15) is 18.1 Å². The first-order chi connectivity index (χ1) is 16.8. The molecule has 0 aliphatic heterocycles. The maximum absolute atomic E-state index is 12.8. The van der Waals surface area contributed by atoms with Crippen molar-refractivity contribution >= 4 is 12.1 Å². The van der Waals surface area contributed by atoms with Gasteiger partial charge in [-0.3, -0.25) is 0 Å². The minimum atomic E-state index is -0.974. The van der Waals surface area contributed by atoms with E-state index in [-0.39, 0.29) is 6.09 Å². The van der Waals surface area contributed by atoms with E-state index >= 15 is 0 Å². The molecule has 0 aromatic heterocycles. The number of unbranched alkanes of at least 4 members (excludes halogenated alkanes) is 2. The number of hydrogen-bond donors (Lipinski definition) is 1. The number of amides is 1. The summed E-state index contributed by atoms with van der Waals surface area (Å²) in [5.74, 6) is 0.629. The molecule has 0 aliphatic carbocycles. The Morgan fingerprint density at radius 2 is 1.57 bits per heavy atom. The molecule has 7 heteroatoms.